The molecule has 0 amide bonds. The van der Waals surface area contributed by atoms with Crippen LogP contribution in [-0.2, 0) is 25.7 Å². The predicted octanol–water partition coefficient (Wildman–Crippen LogP) is 9.54. The summed E-state index contributed by atoms with van der Waals surface area (Å²) in [5.41, 5.74) is 3.74. The Kier molecular flexibility index (Phi) is 9.11. The van der Waals surface area contributed by atoms with Gasteiger partial charge in [-0.1, -0.05) is 49.2 Å². The molecule has 1 aliphatic rings. The van der Waals surface area contributed by atoms with Crippen LogP contribution in [0.5, 0.6) is 0 Å². The molecule has 0 spiro atoms. The molecule has 3 aromatic rings. The Morgan fingerprint density at radius 3 is 1.81 bits per heavy atom. The van der Waals surface area contributed by atoms with Crippen molar-refractivity contribution in [1.29, 1.82) is 0 Å². The van der Waals surface area contributed by atoms with Crippen molar-refractivity contribution in [2.24, 2.45) is 5.92 Å². The van der Waals surface area contributed by atoms with E-state index in [1.165, 1.54) is 23.3 Å². The number of hydrogen-bond donors (Lipinski definition) is 0. The Bertz CT molecular complexity index is 1120. The summed E-state index contributed by atoms with van der Waals surface area (Å²) in [6.45, 7) is 2.20. The van der Waals surface area contributed by atoms with E-state index in [1.807, 2.05) is 0 Å². The fourth-order valence-electron chi connectivity index (χ4n) is 5.46. The molecule has 0 aliphatic heterocycles. The van der Waals surface area contributed by atoms with Gasteiger partial charge in [-0.05, 0) is 116 Å². The molecule has 0 unspecified atom stereocenters. The molecule has 0 heterocycles. The standard InChI is InChI=1S/C31H33ClF4/c1-2-3-20-6-11-24(12-7-20)25-13-8-21(9-14-25)4-5-22-16-27(33)26(28(34)17-22)15-10-23-18-29(35)31(32)30(36)19-23/h6-7,11-12,16-19,21,25H,2-5,8-10,13-15H2,1H3/t21-,25-. The average Bonchev–Trinajstić information content (AvgIpc) is 2.86. The SMILES string of the molecule is CCCc1ccc([C@H]2CC[C@H](CCc3cc(F)c(CCc4cc(F)c(Cl)c(F)c4)c(F)c3)CC2)cc1. The number of rotatable bonds is 9. The fraction of sp³-hybridized carbons (Fsp3) is 0.419. The normalized spacial score (nSPS) is 17.9. The largest absolute Gasteiger partial charge is 0.207 e. The average molecular weight is 517 g/mol. The molecule has 1 saturated carbocycles. The van der Waals surface area contributed by atoms with Crippen molar-refractivity contribution in [2.45, 2.75) is 77.0 Å². The Hall–Kier alpha value is -2.33. The summed E-state index contributed by atoms with van der Waals surface area (Å²) in [5, 5.41) is -0.574. The number of hydrogen-bond acceptors (Lipinski definition) is 0. The minimum absolute atomic E-state index is 0.0158. The maximum absolute atomic E-state index is 14.7. The molecule has 0 saturated heterocycles. The van der Waals surface area contributed by atoms with Gasteiger partial charge in [-0.2, -0.15) is 0 Å². The Labute approximate surface area is 216 Å². The van der Waals surface area contributed by atoms with Gasteiger partial charge in [0.2, 0.25) is 0 Å². The quantitative estimate of drug-likeness (QED) is 0.196. The maximum Gasteiger partial charge on any atom is 0.145 e. The Morgan fingerprint density at radius 1 is 0.667 bits per heavy atom. The van der Waals surface area contributed by atoms with E-state index >= 15 is 0 Å². The van der Waals surface area contributed by atoms with E-state index in [9.17, 15) is 17.6 Å². The van der Waals surface area contributed by atoms with Crippen LogP contribution in [0, 0.1) is 29.2 Å². The summed E-state index contributed by atoms with van der Waals surface area (Å²) in [6.07, 6.45) is 8.56. The lowest BCUT2D eigenvalue weighted by Gasteiger charge is -2.29. The molecule has 0 aromatic heterocycles. The highest BCUT2D eigenvalue weighted by Crippen LogP contribution is 2.37. The molecule has 0 atom stereocenters. The zero-order chi connectivity index (χ0) is 25.7. The fourth-order valence-corrected chi connectivity index (χ4v) is 5.57. The Balaban J connectivity index is 1.28. The van der Waals surface area contributed by atoms with Crippen molar-refractivity contribution >= 4 is 11.6 Å². The van der Waals surface area contributed by atoms with E-state index < -0.39 is 28.3 Å². The molecule has 0 bridgehead atoms. The molecule has 0 N–H and O–H groups in total. The van der Waals surface area contributed by atoms with E-state index in [0.717, 1.165) is 57.1 Å². The number of aryl methyl sites for hydroxylation is 3. The lowest BCUT2D eigenvalue weighted by atomic mass is 9.76. The smallest absolute Gasteiger partial charge is 0.145 e. The topological polar surface area (TPSA) is 0 Å². The van der Waals surface area contributed by atoms with Crippen LogP contribution >= 0.6 is 11.6 Å². The molecule has 1 fully saturated rings. The molecular formula is C31H33ClF4. The van der Waals surface area contributed by atoms with Gasteiger partial charge >= 0.3 is 0 Å². The van der Waals surface area contributed by atoms with Crippen LogP contribution in [0.1, 0.15) is 79.2 Å². The second-order valence-corrected chi connectivity index (χ2v) is 10.5. The molecule has 0 nitrogen and oxygen atoms in total. The van der Waals surface area contributed by atoms with E-state index in [-0.39, 0.29) is 18.4 Å². The van der Waals surface area contributed by atoms with Gasteiger partial charge in [0.05, 0.1) is 0 Å². The first kappa shape index (κ1) is 26.7. The zero-order valence-corrected chi connectivity index (χ0v) is 21.5. The second-order valence-electron chi connectivity index (χ2n) is 10.2. The van der Waals surface area contributed by atoms with Gasteiger partial charge in [0.25, 0.3) is 0 Å². The highest BCUT2D eigenvalue weighted by Gasteiger charge is 2.22. The van der Waals surface area contributed by atoms with Crippen molar-refractivity contribution in [3.8, 4) is 0 Å². The molecule has 0 radical (unpaired) electrons. The van der Waals surface area contributed by atoms with Crippen LogP contribution in [0.25, 0.3) is 0 Å². The third-order valence-electron chi connectivity index (χ3n) is 7.59. The third kappa shape index (κ3) is 6.70. The van der Waals surface area contributed by atoms with Gasteiger partial charge in [-0.3, -0.25) is 0 Å². The summed E-state index contributed by atoms with van der Waals surface area (Å²) < 4.78 is 56.7. The number of halogens is 5. The molecule has 3 aromatic carbocycles. The first-order valence-corrected chi connectivity index (χ1v) is 13.4. The van der Waals surface area contributed by atoms with Crippen LogP contribution in [0.4, 0.5) is 17.6 Å². The van der Waals surface area contributed by atoms with E-state index in [4.69, 9.17) is 11.6 Å². The van der Waals surface area contributed by atoms with Crippen molar-refractivity contribution < 1.29 is 17.6 Å². The summed E-state index contributed by atoms with van der Waals surface area (Å²) >= 11 is 5.50. The van der Waals surface area contributed by atoms with Crippen molar-refractivity contribution in [3.63, 3.8) is 0 Å². The van der Waals surface area contributed by atoms with Gasteiger partial charge in [-0.25, -0.2) is 17.6 Å². The summed E-state index contributed by atoms with van der Waals surface area (Å²) in [4.78, 5) is 0. The predicted molar refractivity (Wildman–Crippen MR) is 139 cm³/mol. The van der Waals surface area contributed by atoms with E-state index in [1.54, 1.807) is 0 Å². The summed E-state index contributed by atoms with van der Waals surface area (Å²) in [5.74, 6) is -1.77. The highest BCUT2D eigenvalue weighted by molar-refractivity contribution is 6.30. The van der Waals surface area contributed by atoms with Gasteiger partial charge in [-0.15, -0.1) is 0 Å². The Morgan fingerprint density at radius 2 is 1.22 bits per heavy atom. The minimum atomic E-state index is -0.873. The lowest BCUT2D eigenvalue weighted by Crippen LogP contribution is -2.14. The molecule has 4 rings (SSSR count). The molecule has 1 aliphatic carbocycles. The van der Waals surface area contributed by atoms with Gasteiger partial charge in [0.1, 0.15) is 28.3 Å². The van der Waals surface area contributed by atoms with Crippen LogP contribution in [0.2, 0.25) is 5.02 Å². The first-order chi connectivity index (χ1) is 17.3. The van der Waals surface area contributed by atoms with Crippen LogP contribution in [0.3, 0.4) is 0 Å². The van der Waals surface area contributed by atoms with Gasteiger partial charge in [0.15, 0.2) is 0 Å². The monoisotopic (exact) mass is 516 g/mol. The maximum atomic E-state index is 14.7. The van der Waals surface area contributed by atoms with Crippen LogP contribution < -0.4 is 0 Å². The zero-order valence-electron chi connectivity index (χ0n) is 20.7. The van der Waals surface area contributed by atoms with Crippen molar-refractivity contribution in [1.82, 2.24) is 0 Å². The summed E-state index contributed by atoms with van der Waals surface area (Å²) in [6, 6.07) is 14.1. The molecule has 192 valence electrons. The van der Waals surface area contributed by atoms with E-state index in [2.05, 4.69) is 31.2 Å². The van der Waals surface area contributed by atoms with Crippen LogP contribution in [-0.4, -0.2) is 0 Å². The van der Waals surface area contributed by atoms with Crippen molar-refractivity contribution in [3.05, 3.63) is 105 Å². The van der Waals surface area contributed by atoms with Gasteiger partial charge in [0, 0.05) is 5.56 Å². The molecular weight excluding hydrogens is 484 g/mol. The lowest BCUT2D eigenvalue weighted by molar-refractivity contribution is 0.310. The summed E-state index contributed by atoms with van der Waals surface area (Å²) in [7, 11) is 0. The first-order valence-electron chi connectivity index (χ1n) is 13.0. The third-order valence-corrected chi connectivity index (χ3v) is 7.95. The second kappa shape index (κ2) is 12.3. The number of benzene rings is 3. The van der Waals surface area contributed by atoms with Gasteiger partial charge < -0.3 is 0 Å². The van der Waals surface area contributed by atoms with E-state index in [0.29, 0.717) is 29.4 Å². The van der Waals surface area contributed by atoms with Crippen molar-refractivity contribution in [2.75, 3.05) is 0 Å². The molecule has 5 heteroatoms. The molecule has 36 heavy (non-hydrogen) atoms. The van der Waals surface area contributed by atoms with Crippen LogP contribution in [0.15, 0.2) is 48.5 Å². The minimum Gasteiger partial charge on any atom is -0.207 e. The highest BCUT2D eigenvalue weighted by atomic mass is 35.5.